The summed E-state index contributed by atoms with van der Waals surface area (Å²) in [7, 11) is 3.51. The summed E-state index contributed by atoms with van der Waals surface area (Å²) < 4.78 is 6.71. The second kappa shape index (κ2) is 7.63. The molecule has 1 heterocycles. The van der Waals surface area contributed by atoms with Gasteiger partial charge >= 0.3 is 6.03 Å². The molecule has 0 aromatic heterocycles. The third-order valence-electron chi connectivity index (χ3n) is 13.7. The van der Waals surface area contributed by atoms with Crippen LogP contribution in [0.3, 0.4) is 0 Å². The molecule has 204 valence electrons. The molecule has 36 heavy (non-hydrogen) atoms. The molecule has 6 aliphatic rings. The Morgan fingerprint density at radius 1 is 1.00 bits per heavy atom. The number of hydrogen-bond donors (Lipinski definition) is 3. The van der Waals surface area contributed by atoms with Crippen LogP contribution in [0.4, 0.5) is 4.79 Å². The lowest BCUT2D eigenvalue weighted by atomic mass is 9.41. The third-order valence-corrected chi connectivity index (χ3v) is 13.7. The van der Waals surface area contributed by atoms with Gasteiger partial charge in [-0.15, -0.1) is 0 Å². The van der Waals surface area contributed by atoms with E-state index in [0.717, 1.165) is 19.3 Å². The van der Waals surface area contributed by atoms with Crippen LogP contribution in [0, 0.1) is 50.7 Å². The quantitative estimate of drug-likeness (QED) is 0.522. The van der Waals surface area contributed by atoms with Gasteiger partial charge in [-0.2, -0.15) is 0 Å². The van der Waals surface area contributed by atoms with Crippen molar-refractivity contribution in [2.24, 2.45) is 50.7 Å². The minimum atomic E-state index is -0.471. The van der Waals surface area contributed by atoms with Gasteiger partial charge in [0.2, 0.25) is 0 Å². The Kier molecular flexibility index (Phi) is 5.39. The molecule has 1 saturated heterocycles. The fourth-order valence-electron chi connectivity index (χ4n) is 11.9. The summed E-state index contributed by atoms with van der Waals surface area (Å²) in [4.78, 5) is 13.7. The molecular formula is C30H50N2O4. The van der Waals surface area contributed by atoms with Gasteiger partial charge in [0.25, 0.3) is 0 Å². The number of hydrogen-bond acceptors (Lipinski definition) is 4. The number of aliphatic hydroxyl groups excluding tert-OH is 2. The first kappa shape index (κ1) is 25.4. The van der Waals surface area contributed by atoms with Crippen molar-refractivity contribution in [2.75, 3.05) is 20.6 Å². The van der Waals surface area contributed by atoms with Gasteiger partial charge in [-0.05, 0) is 96.7 Å². The van der Waals surface area contributed by atoms with Crippen LogP contribution in [-0.2, 0) is 4.74 Å². The third kappa shape index (κ3) is 2.82. The Hall–Kier alpha value is -0.850. The molecule has 1 aliphatic heterocycles. The average molecular weight is 503 g/mol. The maximum Gasteiger partial charge on any atom is 0.316 e. The first-order chi connectivity index (χ1) is 16.8. The zero-order valence-corrected chi connectivity index (χ0v) is 23.6. The largest absolute Gasteiger partial charge is 0.393 e. The second-order valence-corrected chi connectivity index (χ2v) is 15.2. The van der Waals surface area contributed by atoms with Gasteiger partial charge in [-0.3, -0.25) is 0 Å². The van der Waals surface area contributed by atoms with E-state index >= 15 is 0 Å². The summed E-state index contributed by atoms with van der Waals surface area (Å²) >= 11 is 0. The van der Waals surface area contributed by atoms with Crippen molar-refractivity contribution in [3.05, 3.63) is 0 Å². The Bertz CT molecular complexity index is 938. The number of carbonyl (C=O) groups is 1. The van der Waals surface area contributed by atoms with Gasteiger partial charge in [-0.1, -0.05) is 34.6 Å². The van der Waals surface area contributed by atoms with E-state index in [-0.39, 0.29) is 40.6 Å². The smallest absolute Gasteiger partial charge is 0.316 e. The van der Waals surface area contributed by atoms with Gasteiger partial charge in [0, 0.05) is 26.1 Å². The number of fused-ring (bicyclic) bond motifs is 4. The summed E-state index contributed by atoms with van der Waals surface area (Å²) in [6, 6.07) is -0.0915. The minimum absolute atomic E-state index is 0.0154. The fraction of sp³-hybridized carbons (Fsp3) is 0.967. The highest BCUT2D eigenvalue weighted by Gasteiger charge is 2.84. The van der Waals surface area contributed by atoms with E-state index in [9.17, 15) is 15.0 Å². The van der Waals surface area contributed by atoms with E-state index in [1.54, 1.807) is 19.0 Å². The van der Waals surface area contributed by atoms with Crippen molar-refractivity contribution in [3.8, 4) is 0 Å². The topological polar surface area (TPSA) is 82.0 Å². The Labute approximate surface area is 217 Å². The van der Waals surface area contributed by atoms with E-state index in [1.807, 2.05) is 0 Å². The molecule has 6 heteroatoms. The molecule has 0 aromatic rings. The van der Waals surface area contributed by atoms with Crippen molar-refractivity contribution in [3.63, 3.8) is 0 Å². The molecule has 6 rings (SSSR count). The number of rotatable bonds is 2. The fourth-order valence-corrected chi connectivity index (χ4v) is 11.9. The van der Waals surface area contributed by atoms with Crippen LogP contribution in [0.1, 0.15) is 86.0 Å². The zero-order valence-electron chi connectivity index (χ0n) is 23.6. The molecule has 2 spiro atoms. The van der Waals surface area contributed by atoms with Crippen molar-refractivity contribution in [1.82, 2.24) is 10.2 Å². The molecule has 2 amide bonds. The second-order valence-electron chi connectivity index (χ2n) is 15.2. The number of nitrogens with zero attached hydrogens (tertiary/aromatic N) is 1. The van der Waals surface area contributed by atoms with Crippen molar-refractivity contribution < 1.29 is 19.7 Å². The van der Waals surface area contributed by atoms with E-state index in [0.29, 0.717) is 41.0 Å². The van der Waals surface area contributed by atoms with Gasteiger partial charge in [0.05, 0.1) is 24.4 Å². The summed E-state index contributed by atoms with van der Waals surface area (Å²) in [5.41, 5.74) is 0.578. The van der Waals surface area contributed by atoms with Crippen LogP contribution >= 0.6 is 0 Å². The van der Waals surface area contributed by atoms with E-state index in [1.165, 1.54) is 32.1 Å². The van der Waals surface area contributed by atoms with Crippen molar-refractivity contribution in [1.29, 1.82) is 0 Å². The maximum atomic E-state index is 12.2. The molecule has 12 atom stereocenters. The number of urea groups is 1. The Morgan fingerprint density at radius 3 is 2.36 bits per heavy atom. The predicted octanol–water partition coefficient (Wildman–Crippen LogP) is 4.43. The van der Waals surface area contributed by atoms with Crippen LogP contribution in [0.25, 0.3) is 0 Å². The summed E-state index contributed by atoms with van der Waals surface area (Å²) in [5, 5.41) is 26.1. The Morgan fingerprint density at radius 2 is 1.67 bits per heavy atom. The lowest BCUT2D eigenvalue weighted by Gasteiger charge is -2.63. The lowest BCUT2D eigenvalue weighted by Crippen LogP contribution is -2.59. The van der Waals surface area contributed by atoms with Crippen LogP contribution in [0.2, 0.25) is 0 Å². The molecule has 0 bridgehead atoms. The SMILES string of the molecule is C[C@@H]1CC(CNC(=O)N(C)C)OC2[C@H]1[C@@]1(C)CC[C@@]34C[C@@]35CC[C@H](O)C(C)(C)[C@@H]5CCC4[C@]1(C)[C@H]2O. The number of carbonyl (C=O) groups excluding carboxylic acids is 1. The van der Waals surface area contributed by atoms with Crippen molar-refractivity contribution in [2.45, 2.75) is 110 Å². The number of ether oxygens (including phenoxy) is 1. The molecule has 0 radical (unpaired) electrons. The highest BCUT2D eigenvalue weighted by atomic mass is 16.5. The van der Waals surface area contributed by atoms with Gasteiger partial charge < -0.3 is 25.2 Å². The van der Waals surface area contributed by atoms with Gasteiger partial charge in [-0.25, -0.2) is 4.79 Å². The average Bonchev–Trinajstić information content (AvgIpc) is 3.45. The lowest BCUT2D eigenvalue weighted by molar-refractivity contribution is -0.182. The predicted molar refractivity (Wildman–Crippen MR) is 139 cm³/mol. The van der Waals surface area contributed by atoms with Gasteiger partial charge in [0.15, 0.2) is 0 Å². The van der Waals surface area contributed by atoms with Crippen LogP contribution in [0.5, 0.6) is 0 Å². The van der Waals surface area contributed by atoms with E-state index < -0.39 is 6.10 Å². The molecule has 5 aliphatic carbocycles. The van der Waals surface area contributed by atoms with Crippen LogP contribution < -0.4 is 5.32 Å². The van der Waals surface area contributed by atoms with Gasteiger partial charge in [0.1, 0.15) is 0 Å². The molecule has 3 N–H and O–H groups in total. The molecule has 6 fully saturated rings. The molecule has 6 nitrogen and oxygen atoms in total. The number of nitrogens with one attached hydrogen (secondary N) is 1. The standard InChI is InChI=1S/C30H50N2O4/c1-17-14-18(15-31-25(35)32(6)7)36-23-22(17)27(4)12-13-30-16-29(30)11-10-21(33)26(2,3)19(29)8-9-20(30)28(27,5)24(23)34/h17-24,33-34H,8-16H2,1-7H3,(H,31,35)/t17-,18?,19+,20?,21+,22+,23?,24+,27-,28-,29-,30+/m1/s1. The first-order valence-electron chi connectivity index (χ1n) is 14.7. The minimum Gasteiger partial charge on any atom is -0.393 e. The van der Waals surface area contributed by atoms with E-state index in [2.05, 4.69) is 39.9 Å². The summed E-state index contributed by atoms with van der Waals surface area (Å²) in [6.45, 7) is 12.4. The normalized spacial score (nSPS) is 56.4. The van der Waals surface area contributed by atoms with Crippen LogP contribution in [0.15, 0.2) is 0 Å². The van der Waals surface area contributed by atoms with Crippen LogP contribution in [-0.4, -0.2) is 66.2 Å². The van der Waals surface area contributed by atoms with Crippen molar-refractivity contribution >= 4 is 6.03 Å². The highest BCUT2D eigenvalue weighted by Crippen LogP contribution is 2.89. The molecular weight excluding hydrogens is 452 g/mol. The zero-order chi connectivity index (χ0) is 26.1. The highest BCUT2D eigenvalue weighted by molar-refractivity contribution is 5.73. The molecule has 5 saturated carbocycles. The van der Waals surface area contributed by atoms with E-state index in [4.69, 9.17) is 4.74 Å². The maximum absolute atomic E-state index is 12.2. The summed E-state index contributed by atoms with van der Waals surface area (Å²) in [5.74, 6) is 1.93. The molecule has 0 aromatic carbocycles. The Balaban J connectivity index is 1.30. The summed E-state index contributed by atoms with van der Waals surface area (Å²) in [6.07, 6.45) is 8.25. The number of aliphatic hydroxyl groups is 2. The molecule has 3 unspecified atom stereocenters. The first-order valence-corrected chi connectivity index (χ1v) is 14.7. The monoisotopic (exact) mass is 502 g/mol. The number of amides is 2.